The molecule has 0 unspecified atom stereocenters. The van der Waals surface area contributed by atoms with Crippen LogP contribution in [0.2, 0.25) is 5.02 Å². The van der Waals surface area contributed by atoms with E-state index in [1.165, 1.54) is 0 Å². The predicted octanol–water partition coefficient (Wildman–Crippen LogP) is 3.05. The number of rotatable bonds is 3. The van der Waals surface area contributed by atoms with Gasteiger partial charge in [-0.05, 0) is 30.3 Å². The highest BCUT2D eigenvalue weighted by Gasteiger charge is 2.10. The second-order valence-electron chi connectivity index (χ2n) is 4.23. The number of amides is 1. The summed E-state index contributed by atoms with van der Waals surface area (Å²) >= 11 is 5.95. The van der Waals surface area contributed by atoms with Crippen LogP contribution in [0.3, 0.4) is 0 Å². The number of anilines is 2. The van der Waals surface area contributed by atoms with Crippen molar-refractivity contribution in [1.29, 1.82) is 0 Å². The first kappa shape index (κ1) is 13.4. The number of carbonyl (C=O) groups is 1. The smallest absolute Gasteiger partial charge is 0.256 e. The highest BCUT2D eigenvalue weighted by atomic mass is 35.5. The van der Waals surface area contributed by atoms with Crippen LogP contribution in [0.4, 0.5) is 11.5 Å². The zero-order valence-electron chi connectivity index (χ0n) is 10.7. The Morgan fingerprint density at radius 2 is 2.05 bits per heavy atom. The number of hydrogen-bond acceptors (Lipinski definition) is 3. The summed E-state index contributed by atoms with van der Waals surface area (Å²) < 4.78 is 0. The SMILES string of the molecule is CN(C)c1cccc(C(=O)Nc2ncccc2Cl)c1. The molecule has 1 amide bonds. The summed E-state index contributed by atoms with van der Waals surface area (Å²) in [6, 6.07) is 10.7. The van der Waals surface area contributed by atoms with Gasteiger partial charge in [-0.25, -0.2) is 4.98 Å². The number of nitrogens with one attached hydrogen (secondary N) is 1. The number of aromatic nitrogens is 1. The lowest BCUT2D eigenvalue weighted by Gasteiger charge is -2.13. The molecule has 4 nitrogen and oxygen atoms in total. The molecule has 0 spiro atoms. The molecule has 19 heavy (non-hydrogen) atoms. The summed E-state index contributed by atoms with van der Waals surface area (Å²) in [6.07, 6.45) is 1.58. The van der Waals surface area contributed by atoms with Crippen LogP contribution in [0.1, 0.15) is 10.4 Å². The molecule has 0 radical (unpaired) electrons. The number of nitrogens with zero attached hydrogens (tertiary/aromatic N) is 2. The van der Waals surface area contributed by atoms with Gasteiger partial charge in [0.05, 0.1) is 5.02 Å². The second kappa shape index (κ2) is 5.71. The Hall–Kier alpha value is -2.07. The van der Waals surface area contributed by atoms with Gasteiger partial charge < -0.3 is 10.2 Å². The summed E-state index contributed by atoms with van der Waals surface area (Å²) in [5, 5.41) is 3.11. The van der Waals surface area contributed by atoms with E-state index in [0.29, 0.717) is 16.4 Å². The van der Waals surface area contributed by atoms with Crippen molar-refractivity contribution in [3.63, 3.8) is 0 Å². The minimum Gasteiger partial charge on any atom is -0.378 e. The summed E-state index contributed by atoms with van der Waals surface area (Å²) in [4.78, 5) is 18.1. The molecule has 98 valence electrons. The first-order valence-electron chi connectivity index (χ1n) is 5.77. The van der Waals surface area contributed by atoms with Crippen molar-refractivity contribution in [2.24, 2.45) is 0 Å². The van der Waals surface area contributed by atoms with Gasteiger partial charge in [-0.2, -0.15) is 0 Å². The van der Waals surface area contributed by atoms with E-state index in [-0.39, 0.29) is 5.91 Å². The molecule has 0 saturated heterocycles. The fourth-order valence-corrected chi connectivity index (χ4v) is 1.75. The average molecular weight is 276 g/mol. The van der Waals surface area contributed by atoms with Gasteiger partial charge in [0.15, 0.2) is 5.82 Å². The summed E-state index contributed by atoms with van der Waals surface area (Å²) in [5.41, 5.74) is 1.52. The topological polar surface area (TPSA) is 45.2 Å². The van der Waals surface area contributed by atoms with Gasteiger partial charge in [-0.1, -0.05) is 17.7 Å². The fourth-order valence-electron chi connectivity index (χ4n) is 1.58. The lowest BCUT2D eigenvalue weighted by atomic mass is 10.2. The molecule has 2 aromatic rings. The fraction of sp³-hybridized carbons (Fsp3) is 0.143. The second-order valence-corrected chi connectivity index (χ2v) is 4.64. The predicted molar refractivity (Wildman–Crippen MR) is 78.0 cm³/mol. The maximum atomic E-state index is 12.1. The summed E-state index contributed by atoms with van der Waals surface area (Å²) in [6.45, 7) is 0. The molecule has 1 heterocycles. The minimum atomic E-state index is -0.232. The molecule has 1 aromatic heterocycles. The van der Waals surface area contributed by atoms with E-state index in [9.17, 15) is 4.79 Å². The van der Waals surface area contributed by atoms with Gasteiger partial charge in [0, 0.05) is 31.5 Å². The normalized spacial score (nSPS) is 10.1. The minimum absolute atomic E-state index is 0.232. The first-order chi connectivity index (χ1) is 9.08. The Morgan fingerprint density at radius 3 is 2.74 bits per heavy atom. The molecule has 0 atom stereocenters. The Balaban J connectivity index is 2.21. The number of benzene rings is 1. The van der Waals surface area contributed by atoms with Crippen molar-refractivity contribution in [3.8, 4) is 0 Å². The van der Waals surface area contributed by atoms with Gasteiger partial charge in [-0.3, -0.25) is 4.79 Å². The largest absolute Gasteiger partial charge is 0.378 e. The van der Waals surface area contributed by atoms with Gasteiger partial charge in [0.25, 0.3) is 5.91 Å². The van der Waals surface area contributed by atoms with Crippen molar-refractivity contribution in [2.45, 2.75) is 0 Å². The molecule has 0 bridgehead atoms. The third-order valence-electron chi connectivity index (χ3n) is 2.62. The lowest BCUT2D eigenvalue weighted by molar-refractivity contribution is 0.102. The zero-order chi connectivity index (χ0) is 13.8. The van der Waals surface area contributed by atoms with Crippen molar-refractivity contribution < 1.29 is 4.79 Å². The van der Waals surface area contributed by atoms with E-state index in [1.54, 1.807) is 24.4 Å². The van der Waals surface area contributed by atoms with Crippen molar-refractivity contribution in [2.75, 3.05) is 24.3 Å². The van der Waals surface area contributed by atoms with Crippen molar-refractivity contribution in [1.82, 2.24) is 4.98 Å². The molecule has 0 saturated carbocycles. The van der Waals surface area contributed by atoms with Crippen LogP contribution in [-0.2, 0) is 0 Å². The number of halogens is 1. The van der Waals surface area contributed by atoms with Gasteiger partial charge >= 0.3 is 0 Å². The van der Waals surface area contributed by atoms with E-state index in [1.807, 2.05) is 37.2 Å². The van der Waals surface area contributed by atoms with Crippen LogP contribution in [0.15, 0.2) is 42.6 Å². The quantitative estimate of drug-likeness (QED) is 0.936. The molecule has 1 N–H and O–H groups in total. The summed E-state index contributed by atoms with van der Waals surface area (Å²) in [5.74, 6) is 0.133. The monoisotopic (exact) mass is 275 g/mol. The third kappa shape index (κ3) is 3.23. The Labute approximate surface area is 117 Å². The Morgan fingerprint density at radius 1 is 1.26 bits per heavy atom. The highest BCUT2D eigenvalue weighted by molar-refractivity contribution is 6.33. The maximum absolute atomic E-state index is 12.1. The number of pyridine rings is 1. The molecule has 0 fully saturated rings. The van der Waals surface area contributed by atoms with Crippen LogP contribution in [-0.4, -0.2) is 25.0 Å². The molecule has 5 heteroatoms. The summed E-state index contributed by atoms with van der Waals surface area (Å²) in [7, 11) is 3.85. The number of carbonyl (C=O) groups excluding carboxylic acids is 1. The van der Waals surface area contributed by atoms with Crippen LogP contribution in [0.25, 0.3) is 0 Å². The molecule has 0 aliphatic rings. The Kier molecular flexibility index (Phi) is 4.02. The number of hydrogen-bond donors (Lipinski definition) is 1. The van der Waals surface area contributed by atoms with Crippen LogP contribution in [0, 0.1) is 0 Å². The lowest BCUT2D eigenvalue weighted by Crippen LogP contribution is -2.15. The van der Waals surface area contributed by atoms with Crippen molar-refractivity contribution in [3.05, 3.63) is 53.2 Å². The molecule has 0 aliphatic heterocycles. The van der Waals surface area contributed by atoms with Crippen LogP contribution in [0.5, 0.6) is 0 Å². The molecule has 1 aromatic carbocycles. The highest BCUT2D eigenvalue weighted by Crippen LogP contribution is 2.19. The first-order valence-corrected chi connectivity index (χ1v) is 6.15. The molecule has 2 rings (SSSR count). The Bertz CT molecular complexity index is 599. The van der Waals surface area contributed by atoms with Gasteiger partial charge in [0.2, 0.25) is 0 Å². The van der Waals surface area contributed by atoms with Crippen LogP contribution < -0.4 is 10.2 Å². The van der Waals surface area contributed by atoms with E-state index in [4.69, 9.17) is 11.6 Å². The van der Waals surface area contributed by atoms with E-state index >= 15 is 0 Å². The van der Waals surface area contributed by atoms with Crippen LogP contribution >= 0.6 is 11.6 Å². The van der Waals surface area contributed by atoms with Gasteiger partial charge in [-0.15, -0.1) is 0 Å². The standard InChI is InChI=1S/C14H14ClN3O/c1-18(2)11-6-3-5-10(9-11)14(19)17-13-12(15)7-4-8-16-13/h3-9H,1-2H3,(H,16,17,19). The van der Waals surface area contributed by atoms with E-state index < -0.39 is 0 Å². The molecule has 0 aliphatic carbocycles. The maximum Gasteiger partial charge on any atom is 0.256 e. The molecular weight excluding hydrogens is 262 g/mol. The van der Waals surface area contributed by atoms with E-state index in [0.717, 1.165) is 5.69 Å². The zero-order valence-corrected chi connectivity index (χ0v) is 11.5. The van der Waals surface area contributed by atoms with Gasteiger partial charge in [0.1, 0.15) is 0 Å². The van der Waals surface area contributed by atoms with Crippen molar-refractivity contribution >= 4 is 29.0 Å². The third-order valence-corrected chi connectivity index (χ3v) is 2.92. The van der Waals surface area contributed by atoms with E-state index in [2.05, 4.69) is 10.3 Å². The average Bonchev–Trinajstić information content (AvgIpc) is 2.41. The molecular formula is C14H14ClN3O.